The highest BCUT2D eigenvalue weighted by Crippen LogP contribution is 2.16. The van der Waals surface area contributed by atoms with E-state index in [2.05, 4.69) is 16.8 Å². The lowest BCUT2D eigenvalue weighted by Gasteiger charge is -2.18. The van der Waals surface area contributed by atoms with Crippen molar-refractivity contribution in [3.8, 4) is 0 Å². The molecule has 0 saturated carbocycles. The predicted molar refractivity (Wildman–Crippen MR) is 105 cm³/mol. The highest BCUT2D eigenvalue weighted by Gasteiger charge is 2.20. The highest BCUT2D eigenvalue weighted by atomic mass is 32.2. The lowest BCUT2D eigenvalue weighted by atomic mass is 10.2. The molecule has 0 spiro atoms. The Kier molecular flexibility index (Phi) is 8.74. The van der Waals surface area contributed by atoms with E-state index in [4.69, 9.17) is 9.47 Å². The average Bonchev–Trinajstić information content (AvgIpc) is 3.15. The Morgan fingerprint density at radius 1 is 0.923 bits per heavy atom. The van der Waals surface area contributed by atoms with Crippen molar-refractivity contribution in [2.45, 2.75) is 31.8 Å². The van der Waals surface area contributed by atoms with Gasteiger partial charge >= 0.3 is 0 Å². The van der Waals surface area contributed by atoms with Crippen LogP contribution in [0, 0.1) is 0 Å². The van der Waals surface area contributed by atoms with E-state index in [0.717, 1.165) is 12.0 Å². The third-order valence-electron chi connectivity index (χ3n) is 4.02. The molecule has 0 saturated heterocycles. The summed E-state index contributed by atoms with van der Waals surface area (Å²) in [6.45, 7) is 6.82. The third-order valence-corrected chi connectivity index (χ3v) is 6.82. The number of benzene rings is 1. The summed E-state index contributed by atoms with van der Waals surface area (Å²) >= 11 is 1.69. The van der Waals surface area contributed by atoms with Crippen molar-refractivity contribution in [1.82, 2.24) is 4.31 Å². The molecule has 0 aliphatic carbocycles. The van der Waals surface area contributed by atoms with E-state index in [9.17, 15) is 8.42 Å². The van der Waals surface area contributed by atoms with E-state index in [1.807, 2.05) is 13.8 Å². The molecule has 0 aliphatic heterocycles. The number of nitrogens with zero attached hydrogens (tertiary/aromatic N) is 1. The van der Waals surface area contributed by atoms with Gasteiger partial charge in [0.05, 0.1) is 31.3 Å². The van der Waals surface area contributed by atoms with Crippen LogP contribution in [0.15, 0.2) is 46.0 Å². The minimum atomic E-state index is -3.40. The first kappa shape index (κ1) is 21.1. The molecule has 144 valence electrons. The summed E-state index contributed by atoms with van der Waals surface area (Å²) in [7, 11) is -3.40. The van der Waals surface area contributed by atoms with Crippen molar-refractivity contribution >= 4 is 21.4 Å². The van der Waals surface area contributed by atoms with Crippen LogP contribution in [0.5, 0.6) is 0 Å². The number of thiophene rings is 1. The second-order valence-electron chi connectivity index (χ2n) is 5.78. The van der Waals surface area contributed by atoms with Gasteiger partial charge in [-0.1, -0.05) is 26.0 Å². The smallest absolute Gasteiger partial charge is 0.243 e. The molecule has 0 radical (unpaired) electrons. The van der Waals surface area contributed by atoms with Gasteiger partial charge in [-0.3, -0.25) is 0 Å². The minimum Gasteiger partial charge on any atom is -0.379 e. The fourth-order valence-corrected chi connectivity index (χ4v) is 4.67. The Labute approximate surface area is 160 Å². The molecule has 1 aromatic carbocycles. The Morgan fingerprint density at radius 3 is 2.23 bits per heavy atom. The summed E-state index contributed by atoms with van der Waals surface area (Å²) in [5, 5.41) is 4.20. The predicted octanol–water partition coefficient (Wildman–Crippen LogP) is 3.55. The van der Waals surface area contributed by atoms with Gasteiger partial charge in [-0.25, -0.2) is 8.42 Å². The van der Waals surface area contributed by atoms with Crippen LogP contribution in [-0.2, 0) is 32.5 Å². The normalized spacial score (nSPS) is 12.0. The quantitative estimate of drug-likeness (QED) is 0.514. The van der Waals surface area contributed by atoms with Crippen LogP contribution in [0.3, 0.4) is 0 Å². The Morgan fingerprint density at radius 2 is 1.62 bits per heavy atom. The molecule has 1 heterocycles. The maximum atomic E-state index is 12.4. The van der Waals surface area contributed by atoms with Gasteiger partial charge in [-0.2, -0.15) is 15.6 Å². The lowest BCUT2D eigenvalue weighted by molar-refractivity contribution is 0.0417. The molecule has 0 fully saturated rings. The first-order valence-corrected chi connectivity index (χ1v) is 11.2. The SMILES string of the molecule is CCN(CC)S(=O)(=O)c1ccc(COCCOCCc2ccsc2)cc1. The molecule has 26 heavy (non-hydrogen) atoms. The average molecular weight is 398 g/mol. The van der Waals surface area contributed by atoms with Crippen molar-refractivity contribution in [2.75, 3.05) is 32.9 Å². The van der Waals surface area contributed by atoms with E-state index in [1.165, 1.54) is 9.87 Å². The van der Waals surface area contributed by atoms with Crippen molar-refractivity contribution in [3.05, 3.63) is 52.2 Å². The first-order chi connectivity index (χ1) is 12.6. The molecule has 0 bridgehead atoms. The van der Waals surface area contributed by atoms with Crippen LogP contribution in [0.1, 0.15) is 25.0 Å². The molecule has 2 aromatic rings. The van der Waals surface area contributed by atoms with Crippen molar-refractivity contribution in [3.63, 3.8) is 0 Å². The number of ether oxygens (including phenoxy) is 2. The number of sulfonamides is 1. The highest BCUT2D eigenvalue weighted by molar-refractivity contribution is 7.89. The molecule has 0 aliphatic rings. The van der Waals surface area contributed by atoms with Crippen molar-refractivity contribution < 1.29 is 17.9 Å². The zero-order chi connectivity index (χ0) is 18.8. The van der Waals surface area contributed by atoms with Crippen LogP contribution >= 0.6 is 11.3 Å². The van der Waals surface area contributed by atoms with Crippen LogP contribution in [0.2, 0.25) is 0 Å². The maximum Gasteiger partial charge on any atom is 0.243 e. The van der Waals surface area contributed by atoms with E-state index >= 15 is 0 Å². The summed E-state index contributed by atoms with van der Waals surface area (Å²) in [5.74, 6) is 0. The molecule has 0 atom stereocenters. The Hall–Kier alpha value is -1.25. The Bertz CT molecular complexity index is 723. The second kappa shape index (κ2) is 10.8. The molecular weight excluding hydrogens is 370 g/mol. The van der Waals surface area contributed by atoms with Gasteiger partial charge in [0, 0.05) is 13.1 Å². The van der Waals surface area contributed by atoms with Gasteiger partial charge in [0.15, 0.2) is 0 Å². The zero-order valence-corrected chi connectivity index (χ0v) is 17.0. The molecule has 0 amide bonds. The molecule has 2 rings (SSSR count). The summed E-state index contributed by atoms with van der Waals surface area (Å²) in [5.41, 5.74) is 2.25. The summed E-state index contributed by atoms with van der Waals surface area (Å²) < 4.78 is 37.5. The van der Waals surface area contributed by atoms with E-state index in [-0.39, 0.29) is 0 Å². The van der Waals surface area contributed by atoms with Gasteiger partial charge in [0.1, 0.15) is 0 Å². The van der Waals surface area contributed by atoms with Crippen LogP contribution in [0.4, 0.5) is 0 Å². The van der Waals surface area contributed by atoms with E-state index in [0.29, 0.717) is 44.4 Å². The molecular formula is C19H27NO4S2. The van der Waals surface area contributed by atoms with E-state index < -0.39 is 10.0 Å². The van der Waals surface area contributed by atoms with Gasteiger partial charge in [0.2, 0.25) is 10.0 Å². The number of rotatable bonds is 12. The fraction of sp³-hybridized carbons (Fsp3) is 0.474. The van der Waals surface area contributed by atoms with Crippen LogP contribution in [-0.4, -0.2) is 45.6 Å². The monoisotopic (exact) mass is 397 g/mol. The summed E-state index contributed by atoms with van der Waals surface area (Å²) in [6.07, 6.45) is 0.923. The maximum absolute atomic E-state index is 12.4. The zero-order valence-electron chi connectivity index (χ0n) is 15.4. The molecule has 0 unspecified atom stereocenters. The summed E-state index contributed by atoms with van der Waals surface area (Å²) in [6, 6.07) is 8.99. The van der Waals surface area contributed by atoms with Crippen molar-refractivity contribution in [2.24, 2.45) is 0 Å². The first-order valence-electron chi connectivity index (χ1n) is 8.83. The number of hydrogen-bond acceptors (Lipinski definition) is 5. The van der Waals surface area contributed by atoms with Gasteiger partial charge < -0.3 is 9.47 Å². The molecule has 5 nitrogen and oxygen atoms in total. The standard InChI is InChI=1S/C19H27NO4S2/c1-3-20(4-2)26(21,22)19-7-5-17(6-8-19)15-24-13-12-23-11-9-18-10-14-25-16-18/h5-8,10,14,16H,3-4,9,11-13,15H2,1-2H3. The van der Waals surface area contributed by atoms with Crippen LogP contribution in [0.25, 0.3) is 0 Å². The van der Waals surface area contributed by atoms with Crippen molar-refractivity contribution in [1.29, 1.82) is 0 Å². The fourth-order valence-electron chi connectivity index (χ4n) is 2.51. The molecule has 7 heteroatoms. The minimum absolute atomic E-state index is 0.321. The van der Waals surface area contributed by atoms with Gasteiger partial charge in [-0.05, 0) is 46.5 Å². The topological polar surface area (TPSA) is 55.8 Å². The number of hydrogen-bond donors (Lipinski definition) is 0. The van der Waals surface area contributed by atoms with E-state index in [1.54, 1.807) is 35.6 Å². The third kappa shape index (κ3) is 6.17. The summed E-state index contributed by atoms with van der Waals surface area (Å²) in [4.78, 5) is 0.321. The van der Waals surface area contributed by atoms with Crippen LogP contribution < -0.4 is 0 Å². The molecule has 0 N–H and O–H groups in total. The van der Waals surface area contributed by atoms with Gasteiger partial charge in [-0.15, -0.1) is 0 Å². The largest absolute Gasteiger partial charge is 0.379 e. The van der Waals surface area contributed by atoms with Gasteiger partial charge in [0.25, 0.3) is 0 Å². The second-order valence-corrected chi connectivity index (χ2v) is 8.50. The Balaban J connectivity index is 1.69. The lowest BCUT2D eigenvalue weighted by Crippen LogP contribution is -2.30. The molecule has 1 aromatic heterocycles.